The molecule has 81 heavy (non-hydrogen) atoms. The van der Waals surface area contributed by atoms with Gasteiger partial charge in [0.2, 0.25) is 0 Å². The van der Waals surface area contributed by atoms with E-state index in [1.54, 1.807) is 0 Å². The highest BCUT2D eigenvalue weighted by atomic mass is 32.2. The fourth-order valence-corrected chi connectivity index (χ4v) is 19.5. The van der Waals surface area contributed by atoms with Crippen LogP contribution in [0.2, 0.25) is 0 Å². The highest BCUT2D eigenvalue weighted by Crippen LogP contribution is 2.41. The standard InChI is InChI=1S/C74H49N5SSi/c1-3-22-55(23-4-1)81(56-24-5-2-6-25-56,57-26-17-20-49(43-57)50-37-40-73-65(44-50)75-74-79(73)66-32-12-7-19-51(66)48-80-74)58-27-18-21-52(45-58)76-71-41-38-53(77-67-33-13-8-28-59(67)60-29-9-14-34-68(60)77)46-63(71)64-47-54(39-42-72(64)76)78-69-35-15-10-30-61(69)62-31-11-16-36-70(62)78/h1-47H,48H2. The van der Waals surface area contributed by atoms with Gasteiger partial charge in [-0.2, -0.15) is 0 Å². The molecule has 4 aromatic heterocycles. The van der Waals surface area contributed by atoms with Crippen LogP contribution in [0.3, 0.4) is 0 Å². The van der Waals surface area contributed by atoms with E-state index in [9.17, 15) is 0 Å². The topological polar surface area (TPSA) is 32.6 Å². The molecule has 0 fully saturated rings. The van der Waals surface area contributed by atoms with Gasteiger partial charge in [0.05, 0.1) is 49.8 Å². The Morgan fingerprint density at radius 2 is 0.728 bits per heavy atom. The van der Waals surface area contributed by atoms with E-state index in [-0.39, 0.29) is 0 Å². The van der Waals surface area contributed by atoms with E-state index in [0.717, 1.165) is 55.6 Å². The maximum Gasteiger partial charge on any atom is 0.179 e. The molecule has 7 heteroatoms. The predicted octanol–water partition coefficient (Wildman–Crippen LogP) is 16.0. The summed E-state index contributed by atoms with van der Waals surface area (Å²) >= 11 is 1.81. The van der Waals surface area contributed by atoms with E-state index >= 15 is 0 Å². The molecule has 1 aliphatic rings. The van der Waals surface area contributed by atoms with Crippen LogP contribution in [0.1, 0.15) is 5.56 Å². The summed E-state index contributed by atoms with van der Waals surface area (Å²) in [5.41, 5.74) is 17.5. The van der Waals surface area contributed by atoms with Crippen molar-refractivity contribution in [2.24, 2.45) is 0 Å². The average Bonchev–Trinajstić information content (AvgIpc) is 4.24. The fourth-order valence-electron chi connectivity index (χ4n) is 13.7. The number of fused-ring (bicyclic) bond motifs is 14. The SMILES string of the molecule is c1ccc([Si](c2ccccc2)(c2cccc(-c3ccc4c(c3)nc3n4-c4ccccc4CS3)c2)c2cccc(-n3c4ccc(-n5c6ccccc6c6ccccc65)cc4c4cc(-n5c6ccccc6c6ccccc65)ccc43)c2)cc1. The van der Waals surface area contributed by atoms with Gasteiger partial charge in [-0.05, 0) is 128 Å². The number of hydrogen-bond acceptors (Lipinski definition) is 2. The van der Waals surface area contributed by atoms with Crippen LogP contribution in [-0.4, -0.2) is 31.3 Å². The van der Waals surface area contributed by atoms with Gasteiger partial charge in [0, 0.05) is 55.1 Å². The molecular formula is C74H49N5SSi. The Balaban J connectivity index is 0.889. The number of benzene rings is 12. The van der Waals surface area contributed by atoms with Crippen molar-refractivity contribution < 1.29 is 0 Å². The average molecular weight is 1070 g/mol. The number of imidazole rings is 1. The lowest BCUT2D eigenvalue weighted by Crippen LogP contribution is -2.74. The van der Waals surface area contributed by atoms with Gasteiger partial charge in [0.25, 0.3) is 0 Å². The van der Waals surface area contributed by atoms with Gasteiger partial charge in [0.15, 0.2) is 13.2 Å². The Labute approximate surface area is 472 Å². The van der Waals surface area contributed by atoms with Gasteiger partial charge in [0.1, 0.15) is 0 Å². The van der Waals surface area contributed by atoms with Gasteiger partial charge in [-0.3, -0.25) is 4.57 Å². The smallest absolute Gasteiger partial charge is 0.179 e. The fraction of sp³-hybridized carbons (Fsp3) is 0.0135. The zero-order chi connectivity index (χ0) is 53.2. The van der Waals surface area contributed by atoms with Crippen LogP contribution in [-0.2, 0) is 5.75 Å². The highest BCUT2D eigenvalue weighted by Gasteiger charge is 2.42. The summed E-state index contributed by atoms with van der Waals surface area (Å²) in [4.78, 5) is 5.24. The first-order valence-electron chi connectivity index (χ1n) is 27.8. The van der Waals surface area contributed by atoms with E-state index in [0.29, 0.717) is 0 Å². The van der Waals surface area contributed by atoms with E-state index in [2.05, 4.69) is 303 Å². The lowest BCUT2D eigenvalue weighted by molar-refractivity contribution is 0.894. The van der Waals surface area contributed by atoms with Gasteiger partial charge in [-0.25, -0.2) is 4.98 Å². The lowest BCUT2D eigenvalue weighted by atomic mass is 10.1. The van der Waals surface area contributed by atoms with Crippen molar-refractivity contribution in [1.29, 1.82) is 0 Å². The molecule has 5 heterocycles. The Morgan fingerprint density at radius 1 is 0.296 bits per heavy atom. The number of nitrogens with zero attached hydrogens (tertiary/aromatic N) is 5. The molecule has 5 nitrogen and oxygen atoms in total. The van der Waals surface area contributed by atoms with Crippen molar-refractivity contribution >= 4 is 117 Å². The van der Waals surface area contributed by atoms with Crippen molar-refractivity contribution in [3.63, 3.8) is 0 Å². The van der Waals surface area contributed by atoms with Crippen molar-refractivity contribution in [2.45, 2.75) is 10.9 Å². The third-order valence-corrected chi connectivity index (χ3v) is 22.9. The molecule has 0 radical (unpaired) electrons. The predicted molar refractivity (Wildman–Crippen MR) is 343 cm³/mol. The molecule has 0 atom stereocenters. The van der Waals surface area contributed by atoms with E-state index in [1.807, 2.05) is 11.8 Å². The van der Waals surface area contributed by atoms with E-state index in [4.69, 9.17) is 4.98 Å². The molecule has 12 aromatic carbocycles. The molecule has 0 unspecified atom stereocenters. The third-order valence-electron chi connectivity index (χ3n) is 17.2. The minimum Gasteiger partial charge on any atom is -0.309 e. The largest absolute Gasteiger partial charge is 0.309 e. The molecule has 0 N–H and O–H groups in total. The summed E-state index contributed by atoms with van der Waals surface area (Å²) in [6.45, 7) is 0. The van der Waals surface area contributed by atoms with Crippen LogP contribution < -0.4 is 20.7 Å². The highest BCUT2D eigenvalue weighted by molar-refractivity contribution is 7.98. The quantitative estimate of drug-likeness (QED) is 0.112. The summed E-state index contributed by atoms with van der Waals surface area (Å²) < 4.78 is 9.73. The Bertz CT molecular complexity index is 4880. The maximum atomic E-state index is 5.24. The summed E-state index contributed by atoms with van der Waals surface area (Å²) in [6.07, 6.45) is 0. The van der Waals surface area contributed by atoms with Crippen molar-refractivity contribution in [2.75, 3.05) is 0 Å². The molecule has 380 valence electrons. The van der Waals surface area contributed by atoms with Crippen LogP contribution in [0.25, 0.3) is 110 Å². The van der Waals surface area contributed by atoms with E-state index < -0.39 is 8.07 Å². The third kappa shape index (κ3) is 6.89. The van der Waals surface area contributed by atoms with Crippen molar-refractivity contribution in [3.8, 4) is 33.9 Å². The van der Waals surface area contributed by atoms with Gasteiger partial charge in [-0.15, -0.1) is 0 Å². The van der Waals surface area contributed by atoms with Crippen molar-refractivity contribution in [3.05, 3.63) is 291 Å². The normalized spacial score (nSPS) is 12.6. The first kappa shape index (κ1) is 46.0. The van der Waals surface area contributed by atoms with Gasteiger partial charge in [-0.1, -0.05) is 206 Å². The summed E-state index contributed by atoms with van der Waals surface area (Å²) in [6, 6.07) is 107. The number of aromatic nitrogens is 5. The van der Waals surface area contributed by atoms with Crippen LogP contribution >= 0.6 is 11.8 Å². The zero-order valence-electron chi connectivity index (χ0n) is 44.0. The lowest BCUT2D eigenvalue weighted by Gasteiger charge is -2.35. The summed E-state index contributed by atoms with van der Waals surface area (Å²) in [7, 11) is -3.08. The first-order chi connectivity index (χ1) is 40.2. The molecule has 0 saturated carbocycles. The molecule has 0 amide bonds. The number of para-hydroxylation sites is 5. The van der Waals surface area contributed by atoms with Crippen molar-refractivity contribution in [1.82, 2.24) is 23.3 Å². The molecule has 17 rings (SSSR count). The second-order valence-electron chi connectivity index (χ2n) is 21.4. The van der Waals surface area contributed by atoms with Gasteiger partial charge >= 0.3 is 0 Å². The molecular weight excluding hydrogens is 1020 g/mol. The molecule has 0 saturated heterocycles. The minimum atomic E-state index is -3.08. The maximum absolute atomic E-state index is 5.24. The first-order valence-corrected chi connectivity index (χ1v) is 30.8. The minimum absolute atomic E-state index is 0.924. The number of rotatable bonds is 8. The van der Waals surface area contributed by atoms with Crippen LogP contribution in [0, 0.1) is 0 Å². The number of thioether (sulfide) groups is 1. The molecule has 0 bridgehead atoms. The monoisotopic (exact) mass is 1070 g/mol. The second kappa shape index (κ2) is 18.1. The zero-order valence-corrected chi connectivity index (χ0v) is 45.8. The summed E-state index contributed by atoms with van der Waals surface area (Å²) in [5.74, 6) is 0.924. The van der Waals surface area contributed by atoms with Gasteiger partial charge < -0.3 is 13.7 Å². The molecule has 0 aliphatic carbocycles. The Kier molecular flexibility index (Phi) is 10.3. The van der Waals surface area contributed by atoms with Crippen LogP contribution in [0.15, 0.2) is 290 Å². The second-order valence-corrected chi connectivity index (χ2v) is 26.2. The van der Waals surface area contributed by atoms with Crippen LogP contribution in [0.4, 0.5) is 0 Å². The summed E-state index contributed by atoms with van der Waals surface area (Å²) in [5, 5.41) is 13.7. The Morgan fingerprint density at radius 3 is 1.30 bits per heavy atom. The molecule has 0 spiro atoms. The number of hydrogen-bond donors (Lipinski definition) is 0. The van der Waals surface area contributed by atoms with Crippen LogP contribution in [0.5, 0.6) is 0 Å². The molecule has 1 aliphatic heterocycles. The Hall–Kier alpha value is -9.92. The van der Waals surface area contributed by atoms with E-state index in [1.165, 1.54) is 91.9 Å². The molecule has 16 aromatic rings.